The van der Waals surface area contributed by atoms with E-state index in [-0.39, 0.29) is 30.9 Å². The van der Waals surface area contributed by atoms with Crippen LogP contribution in [0.3, 0.4) is 0 Å². The number of primary amides is 1. The van der Waals surface area contributed by atoms with Crippen LogP contribution < -0.4 is 10.5 Å². The van der Waals surface area contributed by atoms with Crippen LogP contribution in [0.25, 0.3) is 0 Å². The first-order valence-corrected chi connectivity index (χ1v) is 7.95. The number of benzene rings is 1. The van der Waals surface area contributed by atoms with E-state index in [2.05, 4.69) is 0 Å². The summed E-state index contributed by atoms with van der Waals surface area (Å²) in [6.45, 7) is 0.174. The monoisotopic (exact) mass is 354 g/mol. The summed E-state index contributed by atoms with van der Waals surface area (Å²) >= 11 is 5.90. The normalized spacial score (nSPS) is 15.0. The van der Waals surface area contributed by atoms with Crippen LogP contribution in [-0.2, 0) is 19.1 Å². The Kier molecular flexibility index (Phi) is 6.43. The van der Waals surface area contributed by atoms with Gasteiger partial charge in [-0.05, 0) is 25.0 Å². The summed E-state index contributed by atoms with van der Waals surface area (Å²) in [5.74, 6) is -1.12. The van der Waals surface area contributed by atoms with Gasteiger partial charge in [-0.2, -0.15) is 0 Å². The van der Waals surface area contributed by atoms with Crippen molar-refractivity contribution in [3.8, 4) is 5.75 Å². The highest BCUT2D eigenvalue weighted by atomic mass is 35.5. The SMILES string of the molecule is NC(=O)C1CCN(C(=O)COC(=O)COc2ccccc2Cl)CC1. The van der Waals surface area contributed by atoms with Gasteiger partial charge in [-0.3, -0.25) is 9.59 Å². The smallest absolute Gasteiger partial charge is 0.344 e. The summed E-state index contributed by atoms with van der Waals surface area (Å²) in [6, 6.07) is 6.74. The molecule has 2 N–H and O–H groups in total. The van der Waals surface area contributed by atoms with E-state index in [1.165, 1.54) is 0 Å². The molecular weight excluding hydrogens is 336 g/mol. The highest BCUT2D eigenvalue weighted by Crippen LogP contribution is 2.23. The molecule has 130 valence electrons. The maximum Gasteiger partial charge on any atom is 0.344 e. The number of halogens is 1. The molecule has 1 fully saturated rings. The van der Waals surface area contributed by atoms with E-state index in [4.69, 9.17) is 26.8 Å². The third-order valence-electron chi connectivity index (χ3n) is 3.79. The van der Waals surface area contributed by atoms with Gasteiger partial charge in [-0.25, -0.2) is 4.79 Å². The van der Waals surface area contributed by atoms with E-state index in [1.54, 1.807) is 29.2 Å². The summed E-state index contributed by atoms with van der Waals surface area (Å²) in [5.41, 5.74) is 5.24. The van der Waals surface area contributed by atoms with E-state index in [0.717, 1.165) is 0 Å². The van der Waals surface area contributed by atoms with Crippen LogP contribution in [0.2, 0.25) is 5.02 Å². The van der Waals surface area contributed by atoms with Crippen molar-refractivity contribution < 1.29 is 23.9 Å². The lowest BCUT2D eigenvalue weighted by Crippen LogP contribution is -2.43. The van der Waals surface area contributed by atoms with Crippen LogP contribution in [0.4, 0.5) is 0 Å². The molecule has 0 radical (unpaired) electrons. The summed E-state index contributed by atoms with van der Waals surface area (Å²) < 4.78 is 10.1. The number of hydrogen-bond donors (Lipinski definition) is 1. The number of para-hydroxylation sites is 1. The molecule has 2 amide bonds. The minimum Gasteiger partial charge on any atom is -0.480 e. The maximum absolute atomic E-state index is 12.0. The molecule has 8 heteroatoms. The topological polar surface area (TPSA) is 98.9 Å². The molecule has 24 heavy (non-hydrogen) atoms. The van der Waals surface area contributed by atoms with Crippen molar-refractivity contribution in [2.75, 3.05) is 26.3 Å². The van der Waals surface area contributed by atoms with Crippen LogP contribution >= 0.6 is 11.6 Å². The highest BCUT2D eigenvalue weighted by molar-refractivity contribution is 6.32. The molecule has 0 spiro atoms. The predicted octanol–water partition coefficient (Wildman–Crippen LogP) is 0.986. The van der Waals surface area contributed by atoms with Crippen LogP contribution in [-0.4, -0.2) is 49.0 Å². The van der Waals surface area contributed by atoms with E-state index >= 15 is 0 Å². The van der Waals surface area contributed by atoms with Gasteiger partial charge in [0.05, 0.1) is 5.02 Å². The molecule has 0 aliphatic carbocycles. The fourth-order valence-corrected chi connectivity index (χ4v) is 2.58. The number of amides is 2. The van der Waals surface area contributed by atoms with Gasteiger partial charge in [0.1, 0.15) is 5.75 Å². The lowest BCUT2D eigenvalue weighted by molar-refractivity contribution is -0.154. The fourth-order valence-electron chi connectivity index (χ4n) is 2.39. The number of carbonyl (C=O) groups is 3. The number of ether oxygens (including phenoxy) is 2. The number of likely N-dealkylation sites (tertiary alicyclic amines) is 1. The van der Waals surface area contributed by atoms with Crippen molar-refractivity contribution in [2.45, 2.75) is 12.8 Å². The molecule has 1 aromatic rings. The number of rotatable bonds is 6. The molecule has 1 heterocycles. The molecule has 0 aromatic heterocycles. The molecule has 2 rings (SSSR count). The minimum absolute atomic E-state index is 0.194. The van der Waals surface area contributed by atoms with Crippen molar-refractivity contribution in [3.63, 3.8) is 0 Å². The molecule has 0 atom stereocenters. The maximum atomic E-state index is 12.0. The molecule has 7 nitrogen and oxygen atoms in total. The van der Waals surface area contributed by atoms with E-state index in [1.807, 2.05) is 0 Å². The van der Waals surface area contributed by atoms with Crippen LogP contribution in [0.1, 0.15) is 12.8 Å². The van der Waals surface area contributed by atoms with Gasteiger partial charge in [0.15, 0.2) is 13.2 Å². The van der Waals surface area contributed by atoms with E-state index in [0.29, 0.717) is 36.7 Å². The third-order valence-corrected chi connectivity index (χ3v) is 4.10. The predicted molar refractivity (Wildman–Crippen MR) is 86.4 cm³/mol. The Bertz CT molecular complexity index is 614. The first-order chi connectivity index (χ1) is 11.5. The molecule has 0 unspecified atom stereocenters. The van der Waals surface area contributed by atoms with Gasteiger partial charge in [-0.15, -0.1) is 0 Å². The zero-order chi connectivity index (χ0) is 17.5. The number of carbonyl (C=O) groups excluding carboxylic acids is 3. The summed E-state index contributed by atoms with van der Waals surface area (Å²) in [5, 5.41) is 0.388. The van der Waals surface area contributed by atoms with Crippen LogP contribution in [0.5, 0.6) is 5.75 Å². The second-order valence-corrected chi connectivity index (χ2v) is 5.84. The molecule has 1 aromatic carbocycles. The highest BCUT2D eigenvalue weighted by Gasteiger charge is 2.26. The molecular formula is C16H19ClN2O5. The molecule has 1 aliphatic rings. The largest absolute Gasteiger partial charge is 0.480 e. The number of hydrogen-bond acceptors (Lipinski definition) is 5. The first kappa shape index (κ1) is 18.1. The van der Waals surface area contributed by atoms with Crippen molar-refractivity contribution >= 4 is 29.4 Å². The van der Waals surface area contributed by atoms with Gasteiger partial charge in [0.25, 0.3) is 5.91 Å². The Morgan fingerprint density at radius 3 is 2.46 bits per heavy atom. The third kappa shape index (κ3) is 5.13. The molecule has 0 bridgehead atoms. The second-order valence-electron chi connectivity index (χ2n) is 5.44. The summed E-state index contributed by atoms with van der Waals surface area (Å²) in [6.07, 6.45) is 1.06. The van der Waals surface area contributed by atoms with E-state index < -0.39 is 5.97 Å². The zero-order valence-electron chi connectivity index (χ0n) is 13.1. The minimum atomic E-state index is -0.657. The van der Waals surface area contributed by atoms with E-state index in [9.17, 15) is 14.4 Å². The van der Waals surface area contributed by atoms with Crippen molar-refractivity contribution in [1.29, 1.82) is 0 Å². The molecule has 0 saturated carbocycles. The number of piperidine rings is 1. The Labute approximate surface area is 144 Å². The van der Waals surface area contributed by atoms with Gasteiger partial charge in [-0.1, -0.05) is 23.7 Å². The Balaban J connectivity index is 1.69. The van der Waals surface area contributed by atoms with Crippen LogP contribution in [0, 0.1) is 5.92 Å². The second kappa shape index (κ2) is 8.54. The standard InChI is InChI=1S/C16H19ClN2O5/c17-12-3-1-2-4-13(12)23-10-15(21)24-9-14(20)19-7-5-11(6-8-19)16(18)22/h1-4,11H,5-10H2,(H2,18,22). The van der Waals surface area contributed by atoms with Crippen molar-refractivity contribution in [3.05, 3.63) is 29.3 Å². The Morgan fingerprint density at radius 1 is 1.17 bits per heavy atom. The van der Waals surface area contributed by atoms with Crippen molar-refractivity contribution in [2.24, 2.45) is 11.7 Å². The van der Waals surface area contributed by atoms with Gasteiger partial charge >= 0.3 is 5.97 Å². The average Bonchev–Trinajstić information content (AvgIpc) is 2.59. The number of nitrogens with zero attached hydrogens (tertiary/aromatic N) is 1. The van der Waals surface area contributed by atoms with Gasteiger partial charge < -0.3 is 20.1 Å². The first-order valence-electron chi connectivity index (χ1n) is 7.57. The van der Waals surface area contributed by atoms with Crippen molar-refractivity contribution in [1.82, 2.24) is 4.90 Å². The molecule has 1 aliphatic heterocycles. The number of esters is 1. The fraction of sp³-hybridized carbons (Fsp3) is 0.438. The van der Waals surface area contributed by atoms with Crippen LogP contribution in [0.15, 0.2) is 24.3 Å². The molecule has 1 saturated heterocycles. The van der Waals surface area contributed by atoms with Gasteiger partial charge in [0, 0.05) is 19.0 Å². The Hall–Kier alpha value is -2.28. The summed E-state index contributed by atoms with van der Waals surface area (Å²) in [7, 11) is 0. The number of nitrogens with two attached hydrogens (primary N) is 1. The van der Waals surface area contributed by atoms with Gasteiger partial charge in [0.2, 0.25) is 5.91 Å². The average molecular weight is 355 g/mol. The summed E-state index contributed by atoms with van der Waals surface area (Å²) in [4.78, 5) is 36.3. The lowest BCUT2D eigenvalue weighted by Gasteiger charge is -2.30. The quantitative estimate of drug-likeness (QED) is 0.768. The zero-order valence-corrected chi connectivity index (χ0v) is 13.8. The Morgan fingerprint density at radius 2 is 1.83 bits per heavy atom. The lowest BCUT2D eigenvalue weighted by atomic mass is 9.96.